The van der Waals surface area contributed by atoms with Crippen LogP contribution >= 0.6 is 31.4 Å². The van der Waals surface area contributed by atoms with Gasteiger partial charge >= 0.3 is 182 Å². The van der Waals surface area contributed by atoms with Gasteiger partial charge in [0.1, 0.15) is 0 Å². The number of rotatable bonds is 5. The minimum absolute atomic E-state index is 0.144. The molecule has 6 nitrogen and oxygen atoms in total. The molecule has 2 aliphatic rings. The predicted molar refractivity (Wildman–Crippen MR) is 123 cm³/mol. The Labute approximate surface area is 182 Å². The molecule has 0 saturated carbocycles. The van der Waals surface area contributed by atoms with Crippen LogP contribution in [0.5, 0.6) is 0 Å². The molecule has 2 aliphatic heterocycles. The van der Waals surface area contributed by atoms with Crippen LogP contribution in [0.25, 0.3) is 5.57 Å². The van der Waals surface area contributed by atoms with E-state index in [2.05, 4.69) is 16.4 Å². The number of nitrogens with one attached hydrogen (secondary N) is 1. The summed E-state index contributed by atoms with van der Waals surface area (Å²) in [5, 5.41) is 22.6. The molecule has 1 atom stereocenters. The molecule has 3 N–H and O–H groups in total. The van der Waals surface area contributed by atoms with Gasteiger partial charge in [-0.15, -0.1) is 0 Å². The molecule has 0 aliphatic carbocycles. The van der Waals surface area contributed by atoms with Crippen LogP contribution in [0.3, 0.4) is 0 Å². The number of nitrogens with zero attached hydrogens (tertiary/aromatic N) is 2. The molecule has 0 unspecified atom stereocenters. The number of carbonyl (C=O) groups is 1. The van der Waals surface area contributed by atoms with E-state index < -0.39 is 25.9 Å². The average Bonchev–Trinajstić information content (AvgIpc) is 3.58. The summed E-state index contributed by atoms with van der Waals surface area (Å²) in [6.07, 6.45) is 3.61. The first-order chi connectivity index (χ1) is 14.0. The molecule has 154 valence electrons. The van der Waals surface area contributed by atoms with Crippen LogP contribution in [0.15, 0.2) is 42.6 Å². The van der Waals surface area contributed by atoms with Crippen LogP contribution in [0.4, 0.5) is 10.5 Å². The van der Waals surface area contributed by atoms with Crippen molar-refractivity contribution in [2.45, 2.75) is 12.5 Å². The standard InChI is InChI=1S/C21H23ClIN3O3/c22-16-2-1-3-17(11-16)25-21(29)26-8-4-14(5-9-26)20-18(23-6-7-23)10-15(12-24-20)19(28)13-27/h1-4,10-12,19,27-28H,5-9,13H2,(H,25,29)/t19-/m1/s1. The first-order valence-corrected chi connectivity index (χ1v) is 14.0. The zero-order valence-electron chi connectivity index (χ0n) is 15.8. The summed E-state index contributed by atoms with van der Waals surface area (Å²) in [5.41, 5.74) is 3.56. The van der Waals surface area contributed by atoms with Crippen LogP contribution in [0, 0.1) is 3.57 Å². The number of urea groups is 1. The Bertz CT molecular complexity index is 949. The van der Waals surface area contributed by atoms with Gasteiger partial charge in [0.05, 0.1) is 0 Å². The number of amides is 2. The topological polar surface area (TPSA) is 85.7 Å². The van der Waals surface area contributed by atoms with Crippen LogP contribution in [-0.4, -0.2) is 54.7 Å². The molecule has 0 spiro atoms. The summed E-state index contributed by atoms with van der Waals surface area (Å²) < 4.78 is 3.85. The summed E-state index contributed by atoms with van der Waals surface area (Å²) >= 11 is 4.84. The Hall–Kier alpha value is -1.68. The second kappa shape index (κ2) is 8.99. The third kappa shape index (κ3) is 4.91. The van der Waals surface area contributed by atoms with Gasteiger partial charge in [0.15, 0.2) is 0 Å². The maximum absolute atomic E-state index is 12.5. The number of aliphatic hydroxyl groups excluding tert-OH is 2. The monoisotopic (exact) mass is 527 g/mol. The molecule has 2 aromatic rings. The number of alkyl halides is 2. The number of anilines is 1. The van der Waals surface area contributed by atoms with E-state index in [-0.39, 0.29) is 12.6 Å². The van der Waals surface area contributed by atoms with E-state index in [4.69, 9.17) is 11.6 Å². The fraction of sp³-hybridized carbons (Fsp3) is 0.333. The summed E-state index contributed by atoms with van der Waals surface area (Å²) in [4.78, 5) is 19.0. The van der Waals surface area contributed by atoms with Crippen molar-refractivity contribution in [3.63, 3.8) is 0 Å². The third-order valence-corrected chi connectivity index (χ3v) is 9.82. The van der Waals surface area contributed by atoms with Crippen molar-refractivity contribution in [2.24, 2.45) is 0 Å². The van der Waals surface area contributed by atoms with Crippen molar-refractivity contribution in [3.8, 4) is 0 Å². The molecular formula is C21H23ClIN3O3. The van der Waals surface area contributed by atoms with Gasteiger partial charge in [0.2, 0.25) is 0 Å². The Morgan fingerprint density at radius 1 is 1.34 bits per heavy atom. The van der Waals surface area contributed by atoms with Gasteiger partial charge < -0.3 is 0 Å². The van der Waals surface area contributed by atoms with Crippen molar-refractivity contribution in [3.05, 3.63) is 62.5 Å². The summed E-state index contributed by atoms with van der Waals surface area (Å²) in [5.74, 6) is 0. The number of hydrogen-bond donors (Lipinski definition) is 3. The Morgan fingerprint density at radius 2 is 2.17 bits per heavy atom. The molecule has 1 aromatic carbocycles. The molecule has 0 radical (unpaired) electrons. The van der Waals surface area contributed by atoms with E-state index in [1.54, 1.807) is 29.3 Å². The number of halogens is 2. The molecule has 0 bridgehead atoms. The Balaban J connectivity index is 1.47. The van der Waals surface area contributed by atoms with Crippen LogP contribution in [-0.2, 0) is 0 Å². The summed E-state index contributed by atoms with van der Waals surface area (Å²) in [6, 6.07) is 9.01. The predicted octanol–water partition coefficient (Wildman–Crippen LogP) is 3.77. The van der Waals surface area contributed by atoms with Crippen LogP contribution in [0.1, 0.15) is 23.8 Å². The summed E-state index contributed by atoms with van der Waals surface area (Å²) in [6.45, 7) is 0.848. The molecule has 4 rings (SSSR count). The normalized spacial score (nSPS) is 18.2. The molecule has 3 heterocycles. The Morgan fingerprint density at radius 3 is 2.83 bits per heavy atom. The van der Waals surface area contributed by atoms with Crippen LogP contribution in [0.2, 0.25) is 5.02 Å². The van der Waals surface area contributed by atoms with Crippen molar-refractivity contribution in [1.82, 2.24) is 9.88 Å². The van der Waals surface area contributed by atoms with Gasteiger partial charge in [-0.2, -0.15) is 0 Å². The second-order valence-corrected chi connectivity index (χ2v) is 13.4. The van der Waals surface area contributed by atoms with Crippen molar-refractivity contribution in [1.29, 1.82) is 0 Å². The zero-order chi connectivity index (χ0) is 20.4. The number of hydrogen-bond acceptors (Lipinski definition) is 4. The summed E-state index contributed by atoms with van der Waals surface area (Å²) in [7, 11) is 0. The van der Waals surface area contributed by atoms with E-state index in [0.717, 1.165) is 12.1 Å². The van der Waals surface area contributed by atoms with Gasteiger partial charge in [0.25, 0.3) is 0 Å². The second-order valence-electron chi connectivity index (χ2n) is 7.00. The van der Waals surface area contributed by atoms with Crippen molar-refractivity contribution in [2.75, 3.05) is 33.9 Å². The van der Waals surface area contributed by atoms with E-state index >= 15 is 0 Å². The van der Waals surface area contributed by atoms with E-state index in [9.17, 15) is 15.0 Å². The molecular weight excluding hydrogens is 505 g/mol. The molecule has 2 amide bonds. The zero-order valence-corrected chi connectivity index (χ0v) is 18.7. The molecule has 1 aromatic heterocycles. The van der Waals surface area contributed by atoms with Gasteiger partial charge in [-0.1, -0.05) is 0 Å². The van der Waals surface area contributed by atoms with E-state index in [1.165, 1.54) is 18.0 Å². The first kappa shape index (κ1) is 20.6. The molecule has 8 heteroatoms. The molecule has 29 heavy (non-hydrogen) atoms. The fourth-order valence-electron chi connectivity index (χ4n) is 3.26. The van der Waals surface area contributed by atoms with Crippen molar-refractivity contribution < 1.29 is 15.0 Å². The molecule has 1 saturated heterocycles. The van der Waals surface area contributed by atoms with Crippen LogP contribution < -0.4 is 5.32 Å². The van der Waals surface area contributed by atoms with Crippen molar-refractivity contribution >= 4 is 48.7 Å². The van der Waals surface area contributed by atoms with Gasteiger partial charge in [0, 0.05) is 0 Å². The quantitative estimate of drug-likeness (QED) is 0.408. The fourth-order valence-corrected chi connectivity index (χ4v) is 8.19. The SMILES string of the molecule is O=C(Nc1cccc(Cl)c1)N1CC=C(c2ncc([C@H](O)CO)cc2I2CC2)CC1. The number of benzene rings is 1. The first-order valence-electron chi connectivity index (χ1n) is 9.46. The number of pyridine rings is 1. The number of carbonyl (C=O) groups excluding carboxylic acids is 1. The number of aromatic nitrogens is 1. The minimum atomic E-state index is -1.14. The maximum atomic E-state index is 12.5. The molecule has 1 fully saturated rings. The van der Waals surface area contributed by atoms with Gasteiger partial charge in [-0.05, 0) is 0 Å². The Kier molecular flexibility index (Phi) is 6.38. The van der Waals surface area contributed by atoms with Gasteiger partial charge in [-0.3, -0.25) is 0 Å². The van der Waals surface area contributed by atoms with E-state index in [0.29, 0.717) is 29.4 Å². The number of aliphatic hydroxyl groups is 2. The van der Waals surface area contributed by atoms with Gasteiger partial charge in [-0.25, -0.2) is 0 Å². The average molecular weight is 528 g/mol. The van der Waals surface area contributed by atoms with E-state index in [1.807, 2.05) is 12.1 Å². The third-order valence-electron chi connectivity index (χ3n) is 4.96.